The maximum absolute atomic E-state index is 12.9. The van der Waals surface area contributed by atoms with Gasteiger partial charge in [-0.2, -0.15) is 17.5 Å². The van der Waals surface area contributed by atoms with Crippen molar-refractivity contribution in [3.05, 3.63) is 64.2 Å². The van der Waals surface area contributed by atoms with Gasteiger partial charge in [-0.1, -0.05) is 23.7 Å². The lowest BCUT2D eigenvalue weighted by Crippen LogP contribution is -2.27. The summed E-state index contributed by atoms with van der Waals surface area (Å²) in [6.45, 7) is -0.129. The molecule has 0 N–H and O–H groups in total. The Balaban J connectivity index is 2.30. The molecule has 0 saturated heterocycles. The molecule has 0 bridgehead atoms. The average molecular weight is 422 g/mol. The molecule has 2 aromatic rings. The number of carbonyl (C=O) groups excluding carboxylic acids is 1. The van der Waals surface area contributed by atoms with Crippen LogP contribution in [0.15, 0.2) is 47.4 Å². The predicted octanol–water partition coefficient (Wildman–Crippen LogP) is 3.97. The highest BCUT2D eigenvalue weighted by Gasteiger charge is 2.33. The number of rotatable bonds is 5. The van der Waals surface area contributed by atoms with Crippen LogP contribution in [-0.4, -0.2) is 32.8 Å². The van der Waals surface area contributed by atoms with Crippen LogP contribution >= 0.6 is 11.6 Å². The molecule has 2 rings (SSSR count). The van der Waals surface area contributed by atoms with Crippen molar-refractivity contribution in [2.24, 2.45) is 0 Å². The van der Waals surface area contributed by atoms with Crippen molar-refractivity contribution in [3.8, 4) is 0 Å². The molecule has 0 heterocycles. The SMILES string of the molecule is COC(=O)c1ccc(CN(C)S(=O)(=O)c2cc(C(F)(F)F)ccc2Cl)cc1. The van der Waals surface area contributed by atoms with Crippen LogP contribution in [0, 0.1) is 0 Å². The van der Waals surface area contributed by atoms with Gasteiger partial charge in [0.25, 0.3) is 0 Å². The molecule has 10 heteroatoms. The molecule has 0 unspecified atom stereocenters. The molecule has 0 saturated carbocycles. The molecule has 27 heavy (non-hydrogen) atoms. The fourth-order valence-corrected chi connectivity index (χ4v) is 3.91. The minimum Gasteiger partial charge on any atom is -0.465 e. The fraction of sp³-hybridized carbons (Fsp3) is 0.235. The number of nitrogens with zero attached hydrogens (tertiary/aromatic N) is 1. The lowest BCUT2D eigenvalue weighted by atomic mass is 10.1. The third-order valence-electron chi connectivity index (χ3n) is 3.73. The van der Waals surface area contributed by atoms with Gasteiger partial charge in [-0.05, 0) is 35.9 Å². The summed E-state index contributed by atoms with van der Waals surface area (Å²) in [4.78, 5) is 10.8. The highest BCUT2D eigenvalue weighted by Crippen LogP contribution is 2.34. The van der Waals surface area contributed by atoms with E-state index in [1.807, 2.05) is 0 Å². The van der Waals surface area contributed by atoms with E-state index in [2.05, 4.69) is 4.74 Å². The number of ether oxygens (including phenoxy) is 1. The molecular formula is C17H15ClF3NO4S. The molecule has 2 aromatic carbocycles. The Morgan fingerprint density at radius 1 is 1.15 bits per heavy atom. The van der Waals surface area contributed by atoms with Gasteiger partial charge < -0.3 is 4.74 Å². The maximum atomic E-state index is 12.9. The number of hydrogen-bond acceptors (Lipinski definition) is 4. The summed E-state index contributed by atoms with van der Waals surface area (Å²) in [5, 5.41) is -0.309. The summed E-state index contributed by atoms with van der Waals surface area (Å²) in [5.74, 6) is -0.543. The summed E-state index contributed by atoms with van der Waals surface area (Å²) >= 11 is 5.82. The Morgan fingerprint density at radius 3 is 2.26 bits per heavy atom. The summed E-state index contributed by atoms with van der Waals surface area (Å²) in [6, 6.07) is 8.08. The highest BCUT2D eigenvalue weighted by molar-refractivity contribution is 7.89. The largest absolute Gasteiger partial charge is 0.465 e. The van der Waals surface area contributed by atoms with E-state index in [1.54, 1.807) is 0 Å². The van der Waals surface area contributed by atoms with Crippen molar-refractivity contribution in [3.63, 3.8) is 0 Å². The molecule has 0 spiro atoms. The quantitative estimate of drug-likeness (QED) is 0.685. The number of methoxy groups -OCH3 is 1. The van der Waals surface area contributed by atoms with Gasteiger partial charge in [-0.25, -0.2) is 13.2 Å². The topological polar surface area (TPSA) is 63.7 Å². The van der Waals surface area contributed by atoms with E-state index in [0.717, 1.165) is 10.4 Å². The molecular weight excluding hydrogens is 407 g/mol. The van der Waals surface area contributed by atoms with Crippen LogP contribution in [0.5, 0.6) is 0 Å². The molecule has 0 aliphatic rings. The van der Waals surface area contributed by atoms with Gasteiger partial charge in [0, 0.05) is 13.6 Å². The lowest BCUT2D eigenvalue weighted by Gasteiger charge is -2.19. The van der Waals surface area contributed by atoms with E-state index in [4.69, 9.17) is 11.6 Å². The Morgan fingerprint density at radius 2 is 1.74 bits per heavy atom. The summed E-state index contributed by atoms with van der Waals surface area (Å²) in [7, 11) is -1.82. The van der Waals surface area contributed by atoms with Crippen LogP contribution < -0.4 is 0 Å². The maximum Gasteiger partial charge on any atom is 0.416 e. The minimum atomic E-state index is -4.70. The molecule has 0 fully saturated rings. The van der Waals surface area contributed by atoms with Crippen molar-refractivity contribution in [2.75, 3.05) is 14.2 Å². The van der Waals surface area contributed by atoms with Crippen molar-refractivity contribution in [2.45, 2.75) is 17.6 Å². The first-order chi connectivity index (χ1) is 12.5. The minimum absolute atomic E-state index is 0.129. The van der Waals surface area contributed by atoms with E-state index >= 15 is 0 Å². The van der Waals surface area contributed by atoms with E-state index in [9.17, 15) is 26.4 Å². The van der Waals surface area contributed by atoms with E-state index in [1.165, 1.54) is 38.4 Å². The van der Waals surface area contributed by atoms with Crippen LogP contribution in [0.4, 0.5) is 13.2 Å². The molecule has 0 amide bonds. The number of alkyl halides is 3. The van der Waals surface area contributed by atoms with Gasteiger partial charge in [0.05, 0.1) is 23.3 Å². The molecule has 0 aliphatic heterocycles. The number of esters is 1. The van der Waals surface area contributed by atoms with Crippen LogP contribution in [0.3, 0.4) is 0 Å². The van der Waals surface area contributed by atoms with Crippen molar-refractivity contribution in [1.82, 2.24) is 4.31 Å². The highest BCUT2D eigenvalue weighted by atomic mass is 35.5. The standard InChI is InChI=1S/C17H15ClF3NO4S/c1-22(10-11-3-5-12(6-4-11)16(23)26-2)27(24,25)15-9-13(17(19,20)21)7-8-14(15)18/h3-9H,10H2,1-2H3. The van der Waals surface area contributed by atoms with Crippen molar-refractivity contribution >= 4 is 27.6 Å². The Hall–Kier alpha value is -2.10. The fourth-order valence-electron chi connectivity index (χ4n) is 2.25. The summed E-state index contributed by atoms with van der Waals surface area (Å²) < 4.78 is 69.4. The summed E-state index contributed by atoms with van der Waals surface area (Å²) in [5.41, 5.74) is -0.300. The van der Waals surface area contributed by atoms with Gasteiger partial charge in [0.15, 0.2) is 0 Å². The van der Waals surface area contributed by atoms with Crippen LogP contribution in [0.1, 0.15) is 21.5 Å². The first-order valence-corrected chi connectivity index (χ1v) is 9.29. The number of benzene rings is 2. The zero-order valence-electron chi connectivity index (χ0n) is 14.2. The molecule has 0 radical (unpaired) electrons. The van der Waals surface area contributed by atoms with Crippen LogP contribution in [0.2, 0.25) is 5.02 Å². The Kier molecular flexibility index (Phi) is 6.18. The number of halogens is 4. The predicted molar refractivity (Wildman–Crippen MR) is 92.9 cm³/mol. The second-order valence-corrected chi connectivity index (χ2v) is 8.01. The average Bonchev–Trinajstić information content (AvgIpc) is 2.60. The molecule has 0 aromatic heterocycles. The second kappa shape index (κ2) is 7.87. The van der Waals surface area contributed by atoms with Gasteiger partial charge in [-0.15, -0.1) is 0 Å². The van der Waals surface area contributed by atoms with E-state index in [-0.39, 0.29) is 17.1 Å². The van der Waals surface area contributed by atoms with E-state index in [0.29, 0.717) is 17.7 Å². The van der Waals surface area contributed by atoms with Crippen molar-refractivity contribution < 1.29 is 31.1 Å². The zero-order valence-corrected chi connectivity index (χ0v) is 15.8. The molecule has 5 nitrogen and oxygen atoms in total. The van der Waals surface area contributed by atoms with Crippen LogP contribution in [0.25, 0.3) is 0 Å². The monoisotopic (exact) mass is 421 g/mol. The smallest absolute Gasteiger partial charge is 0.416 e. The number of sulfonamides is 1. The summed E-state index contributed by atoms with van der Waals surface area (Å²) in [6.07, 6.45) is -4.70. The van der Waals surface area contributed by atoms with Gasteiger partial charge >= 0.3 is 12.1 Å². The first-order valence-electron chi connectivity index (χ1n) is 7.47. The normalized spacial score (nSPS) is 12.3. The number of hydrogen-bond donors (Lipinski definition) is 0. The van der Waals surface area contributed by atoms with Gasteiger partial charge in [0.2, 0.25) is 10.0 Å². The van der Waals surface area contributed by atoms with E-state index < -0.39 is 32.6 Å². The third-order valence-corrected chi connectivity index (χ3v) is 6.01. The van der Waals surface area contributed by atoms with Crippen molar-refractivity contribution in [1.29, 1.82) is 0 Å². The van der Waals surface area contributed by atoms with Gasteiger partial charge in [-0.3, -0.25) is 0 Å². The second-order valence-electron chi connectivity index (χ2n) is 5.59. The first kappa shape index (κ1) is 21.2. The lowest BCUT2D eigenvalue weighted by molar-refractivity contribution is -0.137. The Bertz CT molecular complexity index is 944. The molecule has 0 atom stereocenters. The molecule has 146 valence electrons. The number of carbonyl (C=O) groups is 1. The molecule has 0 aliphatic carbocycles. The zero-order chi connectivity index (χ0) is 20.4. The third kappa shape index (κ3) is 4.79. The van der Waals surface area contributed by atoms with Gasteiger partial charge in [0.1, 0.15) is 4.90 Å². The van der Waals surface area contributed by atoms with Crippen LogP contribution in [-0.2, 0) is 27.5 Å². The Labute approximate surface area is 159 Å².